The molecule has 1 N–H and O–H groups in total. The summed E-state index contributed by atoms with van der Waals surface area (Å²) in [6.07, 6.45) is 2.74. The van der Waals surface area contributed by atoms with Crippen molar-refractivity contribution >= 4 is 0 Å². The molecule has 1 atom stereocenters. The highest BCUT2D eigenvalue weighted by Gasteiger charge is 2.17. The SMILES string of the molecule is CCNC(Cc1ccccc1C)c1occc1C. The lowest BCUT2D eigenvalue weighted by Gasteiger charge is -2.18. The van der Waals surface area contributed by atoms with Crippen molar-refractivity contribution in [3.63, 3.8) is 0 Å². The van der Waals surface area contributed by atoms with Gasteiger partial charge in [-0.2, -0.15) is 0 Å². The molecular formula is C16H21NO. The summed E-state index contributed by atoms with van der Waals surface area (Å²) in [6.45, 7) is 7.33. The maximum Gasteiger partial charge on any atom is 0.123 e. The molecular weight excluding hydrogens is 222 g/mol. The van der Waals surface area contributed by atoms with E-state index in [4.69, 9.17) is 4.42 Å². The quantitative estimate of drug-likeness (QED) is 0.864. The predicted molar refractivity (Wildman–Crippen MR) is 74.7 cm³/mol. The van der Waals surface area contributed by atoms with Crippen molar-refractivity contribution in [2.45, 2.75) is 33.2 Å². The van der Waals surface area contributed by atoms with Crippen LogP contribution in [0.5, 0.6) is 0 Å². The van der Waals surface area contributed by atoms with Crippen molar-refractivity contribution in [2.24, 2.45) is 0 Å². The summed E-state index contributed by atoms with van der Waals surface area (Å²) < 4.78 is 5.63. The van der Waals surface area contributed by atoms with Gasteiger partial charge in [-0.05, 0) is 49.6 Å². The zero-order valence-corrected chi connectivity index (χ0v) is 11.4. The van der Waals surface area contributed by atoms with E-state index in [2.05, 4.69) is 50.4 Å². The summed E-state index contributed by atoms with van der Waals surface area (Å²) in [5.41, 5.74) is 3.93. The van der Waals surface area contributed by atoms with Crippen LogP contribution in [0.4, 0.5) is 0 Å². The normalized spacial score (nSPS) is 12.6. The van der Waals surface area contributed by atoms with Crippen LogP contribution in [0.15, 0.2) is 41.0 Å². The molecule has 18 heavy (non-hydrogen) atoms. The molecule has 2 nitrogen and oxygen atoms in total. The molecule has 0 aliphatic rings. The lowest BCUT2D eigenvalue weighted by Crippen LogP contribution is -2.23. The van der Waals surface area contributed by atoms with Crippen molar-refractivity contribution in [2.75, 3.05) is 6.54 Å². The van der Waals surface area contributed by atoms with Crippen molar-refractivity contribution in [3.8, 4) is 0 Å². The van der Waals surface area contributed by atoms with Gasteiger partial charge in [0, 0.05) is 0 Å². The second kappa shape index (κ2) is 5.87. The lowest BCUT2D eigenvalue weighted by molar-refractivity contribution is 0.413. The van der Waals surface area contributed by atoms with Crippen LogP contribution in [0.1, 0.15) is 35.4 Å². The van der Waals surface area contributed by atoms with E-state index >= 15 is 0 Å². The van der Waals surface area contributed by atoms with Gasteiger partial charge < -0.3 is 9.73 Å². The molecule has 2 heteroatoms. The van der Waals surface area contributed by atoms with Gasteiger partial charge in [-0.1, -0.05) is 31.2 Å². The van der Waals surface area contributed by atoms with E-state index in [-0.39, 0.29) is 6.04 Å². The molecule has 0 spiro atoms. The number of rotatable bonds is 5. The molecule has 0 aliphatic heterocycles. The molecule has 0 saturated heterocycles. The van der Waals surface area contributed by atoms with Crippen molar-refractivity contribution in [1.29, 1.82) is 0 Å². The number of hydrogen-bond acceptors (Lipinski definition) is 2. The minimum atomic E-state index is 0.256. The summed E-state index contributed by atoms with van der Waals surface area (Å²) in [7, 11) is 0. The first-order chi connectivity index (χ1) is 8.72. The highest BCUT2D eigenvalue weighted by molar-refractivity contribution is 5.28. The standard InChI is InChI=1S/C16H21NO/c1-4-17-15(16-13(3)9-10-18-16)11-14-8-6-5-7-12(14)2/h5-10,15,17H,4,11H2,1-3H3. The lowest BCUT2D eigenvalue weighted by atomic mass is 9.98. The Kier molecular flexibility index (Phi) is 4.21. The molecule has 1 unspecified atom stereocenters. The molecule has 0 saturated carbocycles. The highest BCUT2D eigenvalue weighted by atomic mass is 16.3. The monoisotopic (exact) mass is 243 g/mol. The van der Waals surface area contributed by atoms with Gasteiger partial charge in [0.05, 0.1) is 12.3 Å². The largest absolute Gasteiger partial charge is 0.467 e. The van der Waals surface area contributed by atoms with Gasteiger partial charge in [0.2, 0.25) is 0 Å². The molecule has 0 fully saturated rings. The molecule has 96 valence electrons. The number of aryl methyl sites for hydroxylation is 2. The average molecular weight is 243 g/mol. The molecule has 1 aromatic heterocycles. The van der Waals surface area contributed by atoms with E-state index in [1.807, 2.05) is 6.07 Å². The van der Waals surface area contributed by atoms with Gasteiger partial charge in [-0.3, -0.25) is 0 Å². The van der Waals surface area contributed by atoms with E-state index in [9.17, 15) is 0 Å². The molecule has 0 bridgehead atoms. The van der Waals surface area contributed by atoms with E-state index in [0.717, 1.165) is 18.7 Å². The van der Waals surface area contributed by atoms with Gasteiger partial charge >= 0.3 is 0 Å². The third-order valence-electron chi connectivity index (χ3n) is 3.35. The smallest absolute Gasteiger partial charge is 0.123 e. The van der Waals surface area contributed by atoms with Gasteiger partial charge in [0.15, 0.2) is 0 Å². The maximum atomic E-state index is 5.63. The Labute approximate surface area is 109 Å². The Morgan fingerprint density at radius 2 is 1.89 bits per heavy atom. The van der Waals surface area contributed by atoms with Crippen LogP contribution in [0, 0.1) is 13.8 Å². The second-order valence-corrected chi connectivity index (χ2v) is 4.71. The Morgan fingerprint density at radius 3 is 2.50 bits per heavy atom. The van der Waals surface area contributed by atoms with Gasteiger partial charge in [-0.25, -0.2) is 0 Å². The molecule has 0 amide bonds. The van der Waals surface area contributed by atoms with Crippen molar-refractivity contribution < 1.29 is 4.42 Å². The van der Waals surface area contributed by atoms with E-state index < -0.39 is 0 Å². The number of furan rings is 1. The zero-order valence-electron chi connectivity index (χ0n) is 11.4. The fourth-order valence-corrected chi connectivity index (χ4v) is 2.30. The summed E-state index contributed by atoms with van der Waals surface area (Å²) in [4.78, 5) is 0. The van der Waals surface area contributed by atoms with Gasteiger partial charge in [0.25, 0.3) is 0 Å². The van der Waals surface area contributed by atoms with Crippen LogP contribution in [0.25, 0.3) is 0 Å². The first-order valence-electron chi connectivity index (χ1n) is 6.54. The Hall–Kier alpha value is -1.54. The maximum absolute atomic E-state index is 5.63. The van der Waals surface area contributed by atoms with E-state index in [0.29, 0.717) is 0 Å². The van der Waals surface area contributed by atoms with Crippen molar-refractivity contribution in [3.05, 3.63) is 59.0 Å². The summed E-state index contributed by atoms with van der Waals surface area (Å²) in [6, 6.07) is 10.8. The zero-order chi connectivity index (χ0) is 13.0. The minimum Gasteiger partial charge on any atom is -0.467 e. The number of likely N-dealkylation sites (N-methyl/N-ethyl adjacent to an activating group) is 1. The summed E-state index contributed by atoms with van der Waals surface area (Å²) >= 11 is 0. The first-order valence-corrected chi connectivity index (χ1v) is 6.54. The van der Waals surface area contributed by atoms with Crippen LogP contribution in [-0.2, 0) is 6.42 Å². The minimum absolute atomic E-state index is 0.256. The molecule has 2 aromatic rings. The molecule has 2 rings (SSSR count). The van der Waals surface area contributed by atoms with Crippen LogP contribution in [-0.4, -0.2) is 6.54 Å². The number of hydrogen-bond donors (Lipinski definition) is 1. The predicted octanol–water partition coefficient (Wildman–Crippen LogP) is 3.79. The molecule has 0 aliphatic carbocycles. The fraction of sp³-hybridized carbons (Fsp3) is 0.375. The fourth-order valence-electron chi connectivity index (χ4n) is 2.30. The third-order valence-corrected chi connectivity index (χ3v) is 3.35. The summed E-state index contributed by atoms with van der Waals surface area (Å²) in [5.74, 6) is 1.06. The first kappa shape index (κ1) is 12.9. The average Bonchev–Trinajstić information content (AvgIpc) is 2.78. The Balaban J connectivity index is 2.22. The van der Waals surface area contributed by atoms with Gasteiger partial charge in [-0.15, -0.1) is 0 Å². The van der Waals surface area contributed by atoms with Gasteiger partial charge in [0.1, 0.15) is 5.76 Å². The Morgan fingerprint density at radius 1 is 1.11 bits per heavy atom. The Bertz CT molecular complexity index is 501. The number of nitrogens with one attached hydrogen (secondary N) is 1. The molecule has 1 aromatic carbocycles. The van der Waals surface area contributed by atoms with Crippen LogP contribution >= 0.6 is 0 Å². The number of benzene rings is 1. The third kappa shape index (κ3) is 2.82. The van der Waals surface area contributed by atoms with Crippen LogP contribution < -0.4 is 5.32 Å². The summed E-state index contributed by atoms with van der Waals surface area (Å²) in [5, 5.41) is 3.51. The van der Waals surface area contributed by atoms with Crippen LogP contribution in [0.2, 0.25) is 0 Å². The second-order valence-electron chi connectivity index (χ2n) is 4.71. The topological polar surface area (TPSA) is 25.2 Å². The van der Waals surface area contributed by atoms with E-state index in [1.54, 1.807) is 6.26 Å². The molecule has 0 radical (unpaired) electrons. The van der Waals surface area contributed by atoms with Crippen LogP contribution in [0.3, 0.4) is 0 Å². The molecule has 1 heterocycles. The van der Waals surface area contributed by atoms with E-state index in [1.165, 1.54) is 16.7 Å². The van der Waals surface area contributed by atoms with Crippen molar-refractivity contribution in [1.82, 2.24) is 5.32 Å². The highest BCUT2D eigenvalue weighted by Crippen LogP contribution is 2.23.